The Labute approximate surface area is 217 Å². The predicted molar refractivity (Wildman–Crippen MR) is 142 cm³/mol. The molecule has 0 amide bonds. The number of ether oxygens (including phenoxy) is 1. The average molecular weight is 507 g/mol. The first kappa shape index (κ1) is 26.6. The fraction of sp³-hybridized carbons (Fsp3) is 0.400. The summed E-state index contributed by atoms with van der Waals surface area (Å²) in [6.07, 6.45) is 2.46. The van der Waals surface area contributed by atoms with E-state index in [4.69, 9.17) is 4.74 Å². The van der Waals surface area contributed by atoms with Crippen molar-refractivity contribution in [3.63, 3.8) is 0 Å². The molecule has 1 saturated heterocycles. The highest BCUT2D eigenvalue weighted by atomic mass is 19.1. The Morgan fingerprint density at radius 3 is 2.32 bits per heavy atom. The first-order valence-corrected chi connectivity index (χ1v) is 12.7. The summed E-state index contributed by atoms with van der Waals surface area (Å²) in [6.45, 7) is 8.20. The molecule has 6 nitrogen and oxygen atoms in total. The zero-order chi connectivity index (χ0) is 26.6. The van der Waals surface area contributed by atoms with Gasteiger partial charge in [-0.2, -0.15) is 0 Å². The summed E-state index contributed by atoms with van der Waals surface area (Å²) in [5.41, 5.74) is 5.67. The highest BCUT2D eigenvalue weighted by Gasteiger charge is 2.30. The van der Waals surface area contributed by atoms with E-state index in [2.05, 4.69) is 23.7 Å². The highest BCUT2D eigenvalue weighted by molar-refractivity contribution is 5.86. The van der Waals surface area contributed by atoms with E-state index in [0.29, 0.717) is 24.3 Å². The molecule has 4 rings (SSSR count). The van der Waals surface area contributed by atoms with Crippen molar-refractivity contribution in [2.75, 3.05) is 24.6 Å². The van der Waals surface area contributed by atoms with Crippen LogP contribution in [0.4, 0.5) is 10.1 Å². The van der Waals surface area contributed by atoms with Gasteiger partial charge in [0.25, 0.3) is 0 Å². The smallest absolute Gasteiger partial charge is 0.307 e. The number of aryl methyl sites for hydroxylation is 1. The van der Waals surface area contributed by atoms with Gasteiger partial charge in [0.05, 0.1) is 31.0 Å². The van der Waals surface area contributed by atoms with E-state index in [0.717, 1.165) is 59.8 Å². The van der Waals surface area contributed by atoms with Gasteiger partial charge in [-0.1, -0.05) is 38.1 Å². The quantitative estimate of drug-likeness (QED) is 0.395. The number of anilines is 1. The van der Waals surface area contributed by atoms with Crippen LogP contribution in [0.25, 0.3) is 11.1 Å². The normalized spacial score (nSPS) is 15.0. The number of carboxylic acid groups (broad SMARTS) is 1. The molecule has 1 aliphatic heterocycles. The van der Waals surface area contributed by atoms with Crippen molar-refractivity contribution in [2.45, 2.75) is 53.1 Å². The van der Waals surface area contributed by atoms with Gasteiger partial charge in [-0.25, -0.2) is 4.39 Å². The summed E-state index contributed by atoms with van der Waals surface area (Å²) >= 11 is 0. The fourth-order valence-electron chi connectivity index (χ4n) is 4.94. The summed E-state index contributed by atoms with van der Waals surface area (Å²) in [4.78, 5) is 18.7. The fourth-order valence-corrected chi connectivity index (χ4v) is 4.94. The van der Waals surface area contributed by atoms with Crippen molar-refractivity contribution in [1.82, 2.24) is 4.98 Å². The van der Waals surface area contributed by atoms with Crippen LogP contribution in [0, 0.1) is 18.2 Å². The number of benzene rings is 2. The number of aliphatic carboxylic acids is 1. The van der Waals surface area contributed by atoms with Crippen LogP contribution in [0.5, 0.6) is 5.75 Å². The van der Waals surface area contributed by atoms with E-state index >= 15 is 0 Å². The number of aromatic nitrogens is 1. The third-order valence-corrected chi connectivity index (χ3v) is 7.16. The topological polar surface area (TPSA) is 82.9 Å². The van der Waals surface area contributed by atoms with E-state index in [9.17, 15) is 19.4 Å². The predicted octanol–water partition coefficient (Wildman–Crippen LogP) is 5.56. The molecule has 1 aliphatic rings. The van der Waals surface area contributed by atoms with Gasteiger partial charge in [-0.05, 0) is 60.6 Å². The Bertz CT molecular complexity index is 1230. The van der Waals surface area contributed by atoms with Crippen LogP contribution in [0.1, 0.15) is 49.2 Å². The number of halogens is 1. The molecular weight excluding hydrogens is 471 g/mol. The van der Waals surface area contributed by atoms with Crippen LogP contribution in [0.3, 0.4) is 0 Å². The second-order valence-corrected chi connectivity index (χ2v) is 10.5. The lowest BCUT2D eigenvalue weighted by molar-refractivity contribution is -0.136. The van der Waals surface area contributed by atoms with Gasteiger partial charge in [0, 0.05) is 36.3 Å². The number of aliphatic hydroxyl groups excluding tert-OH is 1. The number of rotatable bonds is 9. The van der Waals surface area contributed by atoms with Gasteiger partial charge in [-0.15, -0.1) is 0 Å². The maximum Gasteiger partial charge on any atom is 0.307 e. The molecule has 1 aromatic heterocycles. The van der Waals surface area contributed by atoms with Crippen molar-refractivity contribution in [3.05, 3.63) is 76.9 Å². The van der Waals surface area contributed by atoms with Crippen LogP contribution in [0.15, 0.2) is 48.5 Å². The van der Waals surface area contributed by atoms with Crippen molar-refractivity contribution in [1.29, 1.82) is 0 Å². The molecule has 7 heteroatoms. The number of aliphatic hydroxyl groups is 1. The summed E-state index contributed by atoms with van der Waals surface area (Å²) in [5, 5.41) is 19.7. The van der Waals surface area contributed by atoms with Gasteiger partial charge in [0.2, 0.25) is 0 Å². The van der Waals surface area contributed by atoms with Crippen molar-refractivity contribution in [2.24, 2.45) is 5.41 Å². The molecule has 196 valence electrons. The molecule has 37 heavy (non-hydrogen) atoms. The van der Waals surface area contributed by atoms with Crippen LogP contribution >= 0.6 is 0 Å². The molecule has 0 unspecified atom stereocenters. The number of hydrogen-bond donors (Lipinski definition) is 2. The Morgan fingerprint density at radius 1 is 1.08 bits per heavy atom. The van der Waals surface area contributed by atoms with Crippen molar-refractivity contribution < 1.29 is 24.1 Å². The zero-order valence-electron chi connectivity index (χ0n) is 21.8. The van der Waals surface area contributed by atoms with Crippen LogP contribution in [-0.4, -0.2) is 40.9 Å². The highest BCUT2D eigenvalue weighted by Crippen LogP contribution is 2.42. The first-order valence-electron chi connectivity index (χ1n) is 12.7. The molecule has 0 radical (unpaired) electrons. The van der Waals surface area contributed by atoms with E-state index in [1.165, 1.54) is 12.1 Å². The van der Waals surface area contributed by atoms with E-state index < -0.39 is 5.97 Å². The number of piperidine rings is 1. The van der Waals surface area contributed by atoms with Gasteiger partial charge in [0.15, 0.2) is 0 Å². The molecule has 3 aromatic rings. The molecule has 0 saturated carbocycles. The number of nitrogens with zero attached hydrogens (tertiary/aromatic N) is 2. The second-order valence-electron chi connectivity index (χ2n) is 10.5. The Morgan fingerprint density at radius 2 is 1.73 bits per heavy atom. The third-order valence-electron chi connectivity index (χ3n) is 7.16. The number of carboxylic acids is 1. The van der Waals surface area contributed by atoms with E-state index in [-0.39, 0.29) is 24.3 Å². The van der Waals surface area contributed by atoms with Crippen LogP contribution < -0.4 is 9.64 Å². The standard InChI is InChI=1S/C30H35FN2O4/c1-20-28(22-6-10-24(11-7-22)37-17-12-21-4-8-23(31)9-5-21)29(33-15-13-30(2,3)14-16-33)25(18-27(35)36)26(19-34)32-20/h4-11,34H,12-19H2,1-3H3,(H,35,36). The minimum atomic E-state index is -0.949. The molecule has 0 aliphatic carbocycles. The van der Waals surface area contributed by atoms with Gasteiger partial charge < -0.3 is 19.8 Å². The van der Waals surface area contributed by atoms with Gasteiger partial charge in [-0.3, -0.25) is 9.78 Å². The average Bonchev–Trinajstić information content (AvgIpc) is 2.86. The molecule has 0 bridgehead atoms. The number of carbonyl (C=O) groups is 1. The van der Waals surface area contributed by atoms with Crippen LogP contribution in [-0.2, 0) is 24.2 Å². The minimum absolute atomic E-state index is 0.198. The lowest BCUT2D eigenvalue weighted by Crippen LogP contribution is -2.38. The Balaban J connectivity index is 1.63. The molecule has 2 heterocycles. The SMILES string of the molecule is Cc1nc(CO)c(CC(=O)O)c(N2CCC(C)(C)CC2)c1-c1ccc(OCCc2ccc(F)cc2)cc1. The lowest BCUT2D eigenvalue weighted by Gasteiger charge is -2.40. The van der Waals surface area contributed by atoms with Gasteiger partial charge in [0.1, 0.15) is 11.6 Å². The monoisotopic (exact) mass is 506 g/mol. The number of pyridine rings is 1. The largest absolute Gasteiger partial charge is 0.493 e. The van der Waals surface area contributed by atoms with E-state index in [1.807, 2.05) is 31.2 Å². The molecule has 2 aromatic carbocycles. The second kappa shape index (κ2) is 11.3. The summed E-state index contributed by atoms with van der Waals surface area (Å²) < 4.78 is 19.0. The lowest BCUT2D eigenvalue weighted by atomic mass is 9.82. The molecule has 0 atom stereocenters. The summed E-state index contributed by atoms with van der Waals surface area (Å²) in [6, 6.07) is 14.1. The van der Waals surface area contributed by atoms with Crippen LogP contribution in [0.2, 0.25) is 0 Å². The Kier molecular flexibility index (Phi) is 8.13. The van der Waals surface area contributed by atoms with Crippen molar-refractivity contribution >= 4 is 11.7 Å². The maximum absolute atomic E-state index is 13.1. The molecule has 0 spiro atoms. The summed E-state index contributed by atoms with van der Waals surface area (Å²) in [7, 11) is 0. The summed E-state index contributed by atoms with van der Waals surface area (Å²) in [5.74, 6) is -0.485. The van der Waals surface area contributed by atoms with E-state index in [1.54, 1.807) is 12.1 Å². The van der Waals surface area contributed by atoms with Gasteiger partial charge >= 0.3 is 5.97 Å². The molecule has 2 N–H and O–H groups in total. The van der Waals surface area contributed by atoms with Crippen molar-refractivity contribution in [3.8, 4) is 16.9 Å². The maximum atomic E-state index is 13.1. The molecular formula is C30H35FN2O4. The number of hydrogen-bond acceptors (Lipinski definition) is 5. The molecule has 1 fully saturated rings. The first-order chi connectivity index (χ1) is 17.7. The Hall–Kier alpha value is -3.45. The minimum Gasteiger partial charge on any atom is -0.493 e. The zero-order valence-corrected chi connectivity index (χ0v) is 21.8. The third kappa shape index (κ3) is 6.46.